The first-order valence-electron chi connectivity index (χ1n) is 7.99. The number of anilines is 2. The van der Waals surface area contributed by atoms with E-state index in [1.54, 1.807) is 18.3 Å². The minimum Gasteiger partial charge on any atom is -0.366 e. The highest BCUT2D eigenvalue weighted by Crippen LogP contribution is 2.28. The molecule has 2 atom stereocenters. The molecule has 5 nitrogen and oxygen atoms in total. The fraction of sp³-hybridized carbons (Fsp3) is 0.500. The van der Waals surface area contributed by atoms with Gasteiger partial charge in [-0.3, -0.25) is 0 Å². The van der Waals surface area contributed by atoms with Gasteiger partial charge in [-0.25, -0.2) is 9.97 Å². The second kappa shape index (κ2) is 6.80. The number of hydrogen-bond acceptors (Lipinski definition) is 5. The van der Waals surface area contributed by atoms with Gasteiger partial charge in [0.2, 0.25) is 0 Å². The molecule has 24 heavy (non-hydrogen) atoms. The van der Waals surface area contributed by atoms with E-state index in [2.05, 4.69) is 25.9 Å². The van der Waals surface area contributed by atoms with Crippen molar-refractivity contribution in [2.24, 2.45) is 0 Å². The van der Waals surface area contributed by atoms with E-state index < -0.39 is 12.2 Å². The summed E-state index contributed by atoms with van der Waals surface area (Å²) in [5.74, 6) is 0.858. The predicted octanol–water partition coefficient (Wildman–Crippen LogP) is 3.16. The maximum absolute atomic E-state index is 12.8. The monoisotopic (exact) mass is 339 g/mol. The predicted molar refractivity (Wildman–Crippen MR) is 88.2 cm³/mol. The van der Waals surface area contributed by atoms with Gasteiger partial charge in [0.05, 0.1) is 0 Å². The molecule has 2 unspecified atom stereocenters. The van der Waals surface area contributed by atoms with Crippen molar-refractivity contribution in [2.45, 2.75) is 38.0 Å². The number of hydrogen-bond donors (Lipinski definition) is 3. The largest absolute Gasteiger partial charge is 0.408 e. The smallest absolute Gasteiger partial charge is 0.366 e. The van der Waals surface area contributed by atoms with Gasteiger partial charge in [-0.15, -0.1) is 0 Å². The molecule has 3 rings (SSSR count). The average molecular weight is 339 g/mol. The zero-order valence-electron chi connectivity index (χ0n) is 13.3. The highest BCUT2D eigenvalue weighted by atomic mass is 19.4. The molecule has 0 amide bonds. The Bertz CT molecular complexity index is 698. The topological polar surface area (TPSA) is 61.9 Å². The summed E-state index contributed by atoms with van der Waals surface area (Å²) in [5.41, 5.74) is 0. The summed E-state index contributed by atoms with van der Waals surface area (Å²) in [4.78, 5) is 8.42. The Morgan fingerprint density at radius 1 is 1.33 bits per heavy atom. The molecule has 2 aromatic rings. The van der Waals surface area contributed by atoms with Crippen molar-refractivity contribution in [1.82, 2.24) is 15.3 Å². The van der Waals surface area contributed by atoms with Crippen LogP contribution < -0.4 is 16.0 Å². The van der Waals surface area contributed by atoms with Crippen LogP contribution in [0.5, 0.6) is 0 Å². The number of aromatic nitrogens is 2. The van der Waals surface area contributed by atoms with E-state index in [9.17, 15) is 13.2 Å². The maximum atomic E-state index is 12.8. The highest BCUT2D eigenvalue weighted by Gasteiger charge is 2.36. The van der Waals surface area contributed by atoms with Gasteiger partial charge in [-0.2, -0.15) is 13.2 Å². The van der Waals surface area contributed by atoms with Crippen LogP contribution >= 0.6 is 0 Å². The van der Waals surface area contributed by atoms with E-state index in [4.69, 9.17) is 0 Å². The first-order chi connectivity index (χ1) is 11.4. The van der Waals surface area contributed by atoms with E-state index in [1.807, 2.05) is 0 Å². The Balaban J connectivity index is 1.85. The second-order valence-electron chi connectivity index (χ2n) is 6.05. The quantitative estimate of drug-likeness (QED) is 0.799. The number of rotatable bonds is 4. The summed E-state index contributed by atoms with van der Waals surface area (Å²) in [7, 11) is 0. The van der Waals surface area contributed by atoms with Crippen LogP contribution in [0.25, 0.3) is 10.8 Å². The molecule has 0 radical (unpaired) electrons. The lowest BCUT2D eigenvalue weighted by Gasteiger charge is -2.24. The summed E-state index contributed by atoms with van der Waals surface area (Å²) in [6, 6.07) is 2.08. The molecule has 1 saturated heterocycles. The molecule has 1 aliphatic heterocycles. The number of piperidine rings is 1. The van der Waals surface area contributed by atoms with Crippen LogP contribution in [-0.4, -0.2) is 41.3 Å². The third-order valence-electron chi connectivity index (χ3n) is 4.14. The summed E-state index contributed by atoms with van der Waals surface area (Å²) >= 11 is 0. The van der Waals surface area contributed by atoms with Crippen LogP contribution in [-0.2, 0) is 0 Å². The fourth-order valence-electron chi connectivity index (χ4n) is 2.73. The minimum atomic E-state index is -4.33. The molecule has 1 fully saturated rings. The molecule has 0 saturated carbocycles. The average Bonchev–Trinajstić information content (AvgIpc) is 2.55. The Morgan fingerprint density at radius 2 is 2.17 bits per heavy atom. The van der Waals surface area contributed by atoms with Crippen molar-refractivity contribution in [3.05, 3.63) is 24.5 Å². The van der Waals surface area contributed by atoms with E-state index in [0.717, 1.165) is 38.2 Å². The fourth-order valence-corrected chi connectivity index (χ4v) is 2.73. The van der Waals surface area contributed by atoms with Crippen LogP contribution in [0.1, 0.15) is 19.8 Å². The summed E-state index contributed by atoms with van der Waals surface area (Å²) in [5, 5.41) is 10.5. The van der Waals surface area contributed by atoms with Crippen molar-refractivity contribution in [3.63, 3.8) is 0 Å². The Hall–Kier alpha value is -2.09. The van der Waals surface area contributed by atoms with Gasteiger partial charge in [0.25, 0.3) is 0 Å². The normalized spacial score (nSPS) is 19.9. The molecule has 1 aliphatic rings. The molecule has 3 heterocycles. The lowest BCUT2D eigenvalue weighted by molar-refractivity contribution is -0.138. The highest BCUT2D eigenvalue weighted by molar-refractivity contribution is 5.92. The Labute approximate surface area is 138 Å². The third-order valence-corrected chi connectivity index (χ3v) is 4.14. The van der Waals surface area contributed by atoms with Crippen LogP contribution in [0.4, 0.5) is 24.8 Å². The van der Waals surface area contributed by atoms with Crippen LogP contribution in [0.3, 0.4) is 0 Å². The van der Waals surface area contributed by atoms with E-state index >= 15 is 0 Å². The van der Waals surface area contributed by atoms with Gasteiger partial charge < -0.3 is 16.0 Å². The molecule has 2 aromatic heterocycles. The number of pyridine rings is 2. The number of alkyl halides is 3. The van der Waals surface area contributed by atoms with E-state index in [-0.39, 0.29) is 11.9 Å². The summed E-state index contributed by atoms with van der Waals surface area (Å²) < 4.78 is 38.4. The van der Waals surface area contributed by atoms with Crippen molar-refractivity contribution >= 4 is 22.4 Å². The zero-order chi connectivity index (χ0) is 17.2. The Kier molecular flexibility index (Phi) is 4.75. The van der Waals surface area contributed by atoms with E-state index in [1.165, 1.54) is 6.20 Å². The first-order valence-corrected chi connectivity index (χ1v) is 7.99. The lowest BCUT2D eigenvalue weighted by atomic mass is 10.1. The summed E-state index contributed by atoms with van der Waals surface area (Å²) in [6.45, 7) is 2.94. The van der Waals surface area contributed by atoms with Crippen molar-refractivity contribution < 1.29 is 13.2 Å². The first kappa shape index (κ1) is 16.8. The van der Waals surface area contributed by atoms with Crippen molar-refractivity contribution in [2.75, 3.05) is 23.7 Å². The van der Waals surface area contributed by atoms with Crippen LogP contribution in [0, 0.1) is 0 Å². The molecule has 130 valence electrons. The summed E-state index contributed by atoms with van der Waals surface area (Å²) in [6.07, 6.45) is 0.928. The molecule has 0 aromatic carbocycles. The number of nitrogens with zero attached hydrogens (tertiary/aromatic N) is 2. The number of halogens is 3. The van der Waals surface area contributed by atoms with E-state index in [0.29, 0.717) is 11.2 Å². The van der Waals surface area contributed by atoms with Crippen LogP contribution in [0.15, 0.2) is 24.5 Å². The van der Waals surface area contributed by atoms with Gasteiger partial charge in [-0.05, 0) is 38.4 Å². The minimum absolute atomic E-state index is 0.213. The van der Waals surface area contributed by atoms with Crippen LogP contribution in [0.2, 0.25) is 0 Å². The van der Waals surface area contributed by atoms with Gasteiger partial charge in [0.1, 0.15) is 17.7 Å². The molecule has 0 spiro atoms. The van der Waals surface area contributed by atoms with Gasteiger partial charge >= 0.3 is 6.18 Å². The Morgan fingerprint density at radius 3 is 2.88 bits per heavy atom. The number of fused-ring (bicyclic) bond motifs is 1. The molecule has 0 bridgehead atoms. The second-order valence-corrected chi connectivity index (χ2v) is 6.05. The molecular weight excluding hydrogens is 319 g/mol. The van der Waals surface area contributed by atoms with Gasteiger partial charge in [0, 0.05) is 35.8 Å². The molecule has 8 heteroatoms. The maximum Gasteiger partial charge on any atom is 0.408 e. The molecule has 0 aliphatic carbocycles. The van der Waals surface area contributed by atoms with Crippen molar-refractivity contribution in [3.8, 4) is 0 Å². The standard InChI is InChI=1S/C16H20F3N5/c1-10(16(17,18)19)23-15-13-7-14(22-8-11(13)4-6-21-15)24-12-3-2-5-20-9-12/h4,6-8,10,12,20H,2-3,5,9H2,1H3,(H,21,23)(H,22,24). The SMILES string of the molecule is CC(Nc1nccc2cnc(NC3CCCNC3)cc12)C(F)(F)F. The molecule has 3 N–H and O–H groups in total. The van der Waals surface area contributed by atoms with Gasteiger partial charge in [0.15, 0.2) is 0 Å². The lowest BCUT2D eigenvalue weighted by Crippen LogP contribution is -2.38. The third kappa shape index (κ3) is 3.87. The molecular formula is C16H20F3N5. The zero-order valence-corrected chi connectivity index (χ0v) is 13.3. The number of nitrogens with one attached hydrogen (secondary N) is 3. The van der Waals surface area contributed by atoms with Crippen molar-refractivity contribution in [1.29, 1.82) is 0 Å². The van der Waals surface area contributed by atoms with Gasteiger partial charge in [-0.1, -0.05) is 0 Å².